The summed E-state index contributed by atoms with van der Waals surface area (Å²) in [5.41, 5.74) is 5.43. The minimum Gasteiger partial charge on any atom is -0.494 e. The van der Waals surface area contributed by atoms with Gasteiger partial charge in [0, 0.05) is 0 Å². The van der Waals surface area contributed by atoms with Crippen LogP contribution in [0.15, 0.2) is 24.3 Å². The zero-order chi connectivity index (χ0) is 16.9. The number of esters is 1. The molecular weight excluding hydrogens is 286 g/mol. The number of carbonyl (C=O) groups is 2. The zero-order valence-corrected chi connectivity index (χ0v) is 13.3. The van der Waals surface area contributed by atoms with E-state index in [-0.39, 0.29) is 0 Å². The number of ether oxygens (including phenoxy) is 2. The molecule has 6 heteroatoms. The molecule has 0 spiro atoms. The Labute approximate surface area is 130 Å². The molecule has 0 heterocycles. The van der Waals surface area contributed by atoms with E-state index in [1.54, 1.807) is 45.0 Å². The minimum absolute atomic E-state index is 0.479. The summed E-state index contributed by atoms with van der Waals surface area (Å²) in [6.45, 7) is 7.52. The summed E-state index contributed by atoms with van der Waals surface area (Å²) in [6, 6.07) is 5.22. The highest BCUT2D eigenvalue weighted by Gasteiger charge is 2.35. The van der Waals surface area contributed by atoms with Gasteiger partial charge in [0.1, 0.15) is 23.3 Å². The van der Waals surface area contributed by atoms with Gasteiger partial charge < -0.3 is 20.3 Å². The molecule has 0 unspecified atom stereocenters. The van der Waals surface area contributed by atoms with Gasteiger partial charge in [-0.1, -0.05) is 12.1 Å². The van der Waals surface area contributed by atoms with Crippen molar-refractivity contribution >= 4 is 11.9 Å². The lowest BCUT2D eigenvalue weighted by Crippen LogP contribution is -2.42. The Hall–Kier alpha value is -2.08. The number of hydrogen-bond donors (Lipinski definition) is 2. The molecule has 6 nitrogen and oxygen atoms in total. The van der Waals surface area contributed by atoms with Crippen LogP contribution in [0.5, 0.6) is 5.75 Å². The molecule has 1 rings (SSSR count). The molecule has 0 bridgehead atoms. The van der Waals surface area contributed by atoms with Crippen molar-refractivity contribution < 1.29 is 24.2 Å². The van der Waals surface area contributed by atoms with Gasteiger partial charge in [-0.15, -0.1) is 0 Å². The van der Waals surface area contributed by atoms with Gasteiger partial charge in [0.05, 0.1) is 6.61 Å². The van der Waals surface area contributed by atoms with E-state index < -0.39 is 29.5 Å². The fourth-order valence-corrected chi connectivity index (χ4v) is 1.94. The quantitative estimate of drug-likeness (QED) is 0.779. The van der Waals surface area contributed by atoms with E-state index in [9.17, 15) is 9.59 Å². The van der Waals surface area contributed by atoms with E-state index in [0.29, 0.717) is 17.9 Å². The van der Waals surface area contributed by atoms with Crippen LogP contribution in [0, 0.1) is 0 Å². The first-order valence-electron chi connectivity index (χ1n) is 7.09. The summed E-state index contributed by atoms with van der Waals surface area (Å²) in [5.74, 6) is -2.36. The van der Waals surface area contributed by atoms with Crippen LogP contribution in [0.25, 0.3) is 0 Å². The molecule has 122 valence electrons. The van der Waals surface area contributed by atoms with Crippen molar-refractivity contribution in [2.75, 3.05) is 6.61 Å². The summed E-state index contributed by atoms with van der Waals surface area (Å²) < 4.78 is 10.6. The highest BCUT2D eigenvalue weighted by atomic mass is 16.6. The lowest BCUT2D eigenvalue weighted by molar-refractivity contribution is -0.160. The number of carboxylic acids is 1. The van der Waals surface area contributed by atoms with Crippen molar-refractivity contribution in [2.45, 2.75) is 45.3 Å². The molecule has 2 atom stereocenters. The molecule has 0 aliphatic carbocycles. The summed E-state index contributed by atoms with van der Waals surface area (Å²) in [7, 11) is 0. The topological polar surface area (TPSA) is 98.9 Å². The molecule has 0 fully saturated rings. The average molecular weight is 309 g/mol. The van der Waals surface area contributed by atoms with Crippen molar-refractivity contribution in [1.29, 1.82) is 0 Å². The lowest BCUT2D eigenvalue weighted by Gasteiger charge is -2.26. The highest BCUT2D eigenvalue weighted by Crippen LogP contribution is 2.25. The second-order valence-electron chi connectivity index (χ2n) is 5.88. The van der Waals surface area contributed by atoms with Gasteiger partial charge >= 0.3 is 11.9 Å². The summed E-state index contributed by atoms with van der Waals surface area (Å²) in [5, 5.41) is 9.14. The first-order chi connectivity index (χ1) is 10.2. The molecule has 0 aliphatic heterocycles. The maximum absolute atomic E-state index is 12.3. The molecule has 3 N–H and O–H groups in total. The third-order valence-corrected chi connectivity index (χ3v) is 2.86. The van der Waals surface area contributed by atoms with Gasteiger partial charge in [0.15, 0.2) is 0 Å². The smallest absolute Gasteiger partial charge is 0.321 e. The predicted molar refractivity (Wildman–Crippen MR) is 81.8 cm³/mol. The third kappa shape index (κ3) is 5.04. The summed E-state index contributed by atoms with van der Waals surface area (Å²) in [4.78, 5) is 23.5. The predicted octanol–water partition coefficient (Wildman–Crippen LogP) is 1.92. The van der Waals surface area contributed by atoms with Crippen LogP contribution in [-0.2, 0) is 14.3 Å². The normalized spacial score (nSPS) is 14.0. The molecule has 1 aromatic rings. The number of benzene rings is 1. The number of rotatable bonds is 6. The second kappa shape index (κ2) is 7.26. The lowest BCUT2D eigenvalue weighted by atomic mass is 9.91. The van der Waals surface area contributed by atoms with Gasteiger partial charge in [-0.2, -0.15) is 0 Å². The molecule has 0 aromatic heterocycles. The van der Waals surface area contributed by atoms with Gasteiger partial charge in [0.2, 0.25) is 0 Å². The largest absolute Gasteiger partial charge is 0.494 e. The Bertz CT molecular complexity index is 518. The third-order valence-electron chi connectivity index (χ3n) is 2.86. The van der Waals surface area contributed by atoms with Gasteiger partial charge in [-0.05, 0) is 45.4 Å². The number of hydrogen-bond acceptors (Lipinski definition) is 5. The van der Waals surface area contributed by atoms with Crippen molar-refractivity contribution in [3.8, 4) is 5.75 Å². The fraction of sp³-hybridized carbons (Fsp3) is 0.500. The van der Waals surface area contributed by atoms with Crippen LogP contribution >= 0.6 is 0 Å². The molecular formula is C16H23NO5. The van der Waals surface area contributed by atoms with Gasteiger partial charge in [-0.3, -0.25) is 9.59 Å². The highest BCUT2D eigenvalue weighted by molar-refractivity contribution is 5.87. The Morgan fingerprint density at radius 2 is 1.77 bits per heavy atom. The maximum Gasteiger partial charge on any atom is 0.321 e. The van der Waals surface area contributed by atoms with Crippen molar-refractivity contribution in [3.63, 3.8) is 0 Å². The van der Waals surface area contributed by atoms with Crippen LogP contribution in [-0.4, -0.2) is 35.3 Å². The van der Waals surface area contributed by atoms with Crippen LogP contribution in [0.1, 0.15) is 39.2 Å². The van der Waals surface area contributed by atoms with Crippen molar-refractivity contribution in [3.05, 3.63) is 29.8 Å². The minimum atomic E-state index is -1.38. The van der Waals surface area contributed by atoms with E-state index in [1.165, 1.54) is 0 Å². The van der Waals surface area contributed by atoms with E-state index in [0.717, 1.165) is 0 Å². The number of aliphatic carboxylic acids is 1. The fourth-order valence-electron chi connectivity index (χ4n) is 1.94. The number of carbonyl (C=O) groups excluding carboxylic acids is 1. The first kappa shape index (κ1) is 18.0. The molecule has 1 aromatic carbocycles. The molecule has 0 radical (unpaired) electrons. The molecule has 0 aliphatic rings. The second-order valence-corrected chi connectivity index (χ2v) is 5.88. The standard InChI is InChI=1S/C16H23NO5/c1-5-21-11-8-6-10(7-9-11)12(13(17)14(18)19)15(20)22-16(2,3)4/h6-9,12-13H,5,17H2,1-4H3,(H,18,19)/t12-,13-/m0/s1. The van der Waals surface area contributed by atoms with Crippen molar-refractivity contribution in [1.82, 2.24) is 0 Å². The average Bonchev–Trinajstić information content (AvgIpc) is 2.39. The van der Waals surface area contributed by atoms with E-state index in [1.807, 2.05) is 6.92 Å². The van der Waals surface area contributed by atoms with Gasteiger partial charge in [-0.25, -0.2) is 0 Å². The summed E-state index contributed by atoms with van der Waals surface area (Å²) >= 11 is 0. The van der Waals surface area contributed by atoms with Gasteiger partial charge in [0.25, 0.3) is 0 Å². The van der Waals surface area contributed by atoms with Crippen LogP contribution in [0.3, 0.4) is 0 Å². The Kier molecular flexibility index (Phi) is 5.93. The first-order valence-corrected chi connectivity index (χ1v) is 7.09. The molecule has 22 heavy (non-hydrogen) atoms. The molecule has 0 amide bonds. The summed E-state index contributed by atoms with van der Waals surface area (Å²) in [6.07, 6.45) is 0. The SMILES string of the molecule is CCOc1ccc([C@H](C(=O)OC(C)(C)C)[C@H](N)C(=O)O)cc1. The Morgan fingerprint density at radius 1 is 1.23 bits per heavy atom. The maximum atomic E-state index is 12.3. The van der Waals surface area contributed by atoms with Crippen molar-refractivity contribution in [2.24, 2.45) is 5.73 Å². The van der Waals surface area contributed by atoms with Crippen LogP contribution < -0.4 is 10.5 Å². The number of nitrogens with two attached hydrogens (primary N) is 1. The van der Waals surface area contributed by atoms with E-state index in [2.05, 4.69) is 0 Å². The molecule has 0 saturated carbocycles. The van der Waals surface area contributed by atoms with Crippen LogP contribution in [0.2, 0.25) is 0 Å². The van der Waals surface area contributed by atoms with E-state index in [4.69, 9.17) is 20.3 Å². The molecule has 0 saturated heterocycles. The monoisotopic (exact) mass is 309 g/mol. The Balaban J connectivity index is 3.09. The van der Waals surface area contributed by atoms with E-state index >= 15 is 0 Å². The van der Waals surface area contributed by atoms with Crippen LogP contribution in [0.4, 0.5) is 0 Å². The Morgan fingerprint density at radius 3 is 2.18 bits per heavy atom. The zero-order valence-electron chi connectivity index (χ0n) is 13.3. The number of carboxylic acid groups (broad SMARTS) is 1.